The number of benzene rings is 2. The monoisotopic (exact) mass is 496 g/mol. The number of anilines is 2. The summed E-state index contributed by atoms with van der Waals surface area (Å²) >= 11 is 2.77. The van der Waals surface area contributed by atoms with E-state index in [9.17, 15) is 4.79 Å². The summed E-state index contributed by atoms with van der Waals surface area (Å²) in [5.41, 5.74) is 2.92. The van der Waals surface area contributed by atoms with Gasteiger partial charge in [-0.3, -0.25) is 9.36 Å². The Morgan fingerprint density at radius 1 is 1.21 bits per heavy atom. The molecule has 9 nitrogen and oxygen atoms in total. The van der Waals surface area contributed by atoms with Gasteiger partial charge in [0.25, 0.3) is 0 Å². The van der Waals surface area contributed by atoms with E-state index in [0.717, 1.165) is 46.3 Å². The minimum absolute atomic E-state index is 0.150. The fourth-order valence-electron chi connectivity index (χ4n) is 3.72. The van der Waals surface area contributed by atoms with E-state index in [1.54, 1.807) is 7.11 Å². The lowest BCUT2D eigenvalue weighted by molar-refractivity contribution is -0.113. The highest BCUT2D eigenvalue weighted by atomic mass is 32.2. The third-order valence-corrected chi connectivity index (χ3v) is 7.30. The summed E-state index contributed by atoms with van der Waals surface area (Å²) in [6.07, 6.45) is 0. The Morgan fingerprint density at radius 3 is 2.82 bits per heavy atom. The molecule has 1 fully saturated rings. The lowest BCUT2D eigenvalue weighted by Gasteiger charge is -2.28. The fourth-order valence-corrected chi connectivity index (χ4v) is 5.37. The Morgan fingerprint density at radius 2 is 2.03 bits per heavy atom. The van der Waals surface area contributed by atoms with Crippen molar-refractivity contribution in [1.82, 2.24) is 19.7 Å². The number of para-hydroxylation sites is 1. The number of thioether (sulfide) groups is 1. The summed E-state index contributed by atoms with van der Waals surface area (Å²) in [6, 6.07) is 13.8. The second kappa shape index (κ2) is 10.00. The summed E-state index contributed by atoms with van der Waals surface area (Å²) in [4.78, 5) is 19.4. The van der Waals surface area contributed by atoms with E-state index < -0.39 is 0 Å². The zero-order valence-electron chi connectivity index (χ0n) is 18.9. The molecule has 176 valence electrons. The topological polar surface area (TPSA) is 94.4 Å². The van der Waals surface area contributed by atoms with Crippen LogP contribution in [0.2, 0.25) is 0 Å². The number of hydrogen-bond acceptors (Lipinski definition) is 9. The number of thiazole rings is 1. The van der Waals surface area contributed by atoms with Crippen LogP contribution in [0.3, 0.4) is 0 Å². The maximum Gasteiger partial charge on any atom is 0.236 e. The molecule has 0 spiro atoms. The second-order valence-corrected chi connectivity index (χ2v) is 9.67. The largest absolute Gasteiger partial charge is 0.497 e. The van der Waals surface area contributed by atoms with Crippen LogP contribution in [-0.2, 0) is 9.53 Å². The highest BCUT2D eigenvalue weighted by Crippen LogP contribution is 2.31. The number of rotatable bonds is 7. The van der Waals surface area contributed by atoms with Gasteiger partial charge in [0.05, 0.1) is 42.0 Å². The molecule has 4 aromatic rings. The minimum atomic E-state index is -0.150. The predicted molar refractivity (Wildman–Crippen MR) is 135 cm³/mol. The van der Waals surface area contributed by atoms with Gasteiger partial charge in [-0.2, -0.15) is 0 Å². The van der Waals surface area contributed by atoms with Crippen LogP contribution in [0.5, 0.6) is 5.75 Å². The number of nitrogens with zero attached hydrogens (tertiary/aromatic N) is 5. The van der Waals surface area contributed by atoms with Crippen LogP contribution < -0.4 is 15.0 Å². The van der Waals surface area contributed by atoms with E-state index in [2.05, 4.69) is 38.4 Å². The van der Waals surface area contributed by atoms with Crippen molar-refractivity contribution in [2.45, 2.75) is 12.1 Å². The van der Waals surface area contributed by atoms with Gasteiger partial charge in [-0.25, -0.2) is 4.98 Å². The van der Waals surface area contributed by atoms with Crippen molar-refractivity contribution in [3.05, 3.63) is 48.0 Å². The van der Waals surface area contributed by atoms with Crippen LogP contribution in [0.25, 0.3) is 15.9 Å². The standard InChI is InChI=1S/C23H24N6O3S2/c1-15-5-3-4-6-18(15)29-22(28-9-11-32-12-10-28)26-27-23(29)33-14-20(30)25-21-24-17-8-7-16(31-2)13-19(17)34-21/h3-8,13H,9-12,14H2,1-2H3,(H,24,25,30). The molecule has 1 amide bonds. The molecule has 1 aliphatic rings. The molecule has 0 unspecified atom stereocenters. The van der Waals surface area contributed by atoms with Crippen LogP contribution in [0.1, 0.15) is 5.56 Å². The van der Waals surface area contributed by atoms with E-state index in [1.807, 2.05) is 41.0 Å². The van der Waals surface area contributed by atoms with Gasteiger partial charge in [0.15, 0.2) is 10.3 Å². The molecule has 1 aliphatic heterocycles. The first kappa shape index (κ1) is 22.6. The lowest BCUT2D eigenvalue weighted by Crippen LogP contribution is -2.38. The number of amides is 1. The smallest absolute Gasteiger partial charge is 0.236 e. The van der Waals surface area contributed by atoms with E-state index in [1.165, 1.54) is 23.1 Å². The van der Waals surface area contributed by atoms with Gasteiger partial charge in [0, 0.05) is 13.1 Å². The van der Waals surface area contributed by atoms with Gasteiger partial charge in [0.2, 0.25) is 11.9 Å². The summed E-state index contributed by atoms with van der Waals surface area (Å²) in [7, 11) is 1.63. The highest BCUT2D eigenvalue weighted by molar-refractivity contribution is 7.99. The number of aromatic nitrogens is 4. The average molecular weight is 497 g/mol. The number of carbonyl (C=O) groups is 1. The Hall–Kier alpha value is -3.15. The van der Waals surface area contributed by atoms with Gasteiger partial charge < -0.3 is 19.7 Å². The second-order valence-electron chi connectivity index (χ2n) is 7.69. The molecule has 0 bridgehead atoms. The number of morpholine rings is 1. The summed E-state index contributed by atoms with van der Waals surface area (Å²) in [5.74, 6) is 1.56. The number of nitrogens with one attached hydrogen (secondary N) is 1. The number of aryl methyl sites for hydroxylation is 1. The van der Waals surface area contributed by atoms with Crippen molar-refractivity contribution < 1.29 is 14.3 Å². The lowest BCUT2D eigenvalue weighted by atomic mass is 10.2. The number of hydrogen-bond donors (Lipinski definition) is 1. The fraction of sp³-hybridized carbons (Fsp3) is 0.304. The number of methoxy groups -OCH3 is 1. The normalized spacial score (nSPS) is 13.9. The first-order valence-corrected chi connectivity index (χ1v) is 12.6. The molecule has 1 saturated heterocycles. The van der Waals surface area contributed by atoms with Gasteiger partial charge >= 0.3 is 0 Å². The molecule has 2 aromatic heterocycles. The van der Waals surface area contributed by atoms with Crippen LogP contribution >= 0.6 is 23.1 Å². The first-order chi connectivity index (χ1) is 16.6. The molecule has 0 atom stereocenters. The quantitative estimate of drug-likeness (QED) is 0.387. The van der Waals surface area contributed by atoms with Crippen molar-refractivity contribution in [3.8, 4) is 11.4 Å². The van der Waals surface area contributed by atoms with Crippen molar-refractivity contribution in [2.75, 3.05) is 49.4 Å². The third-order valence-electron chi connectivity index (χ3n) is 5.44. The summed E-state index contributed by atoms with van der Waals surface area (Å²) in [6.45, 7) is 4.86. The first-order valence-electron chi connectivity index (χ1n) is 10.8. The molecular formula is C23H24N6O3S2. The van der Waals surface area contributed by atoms with Crippen LogP contribution in [0.4, 0.5) is 11.1 Å². The molecule has 0 saturated carbocycles. The van der Waals surface area contributed by atoms with Gasteiger partial charge in [0.1, 0.15) is 5.75 Å². The maximum absolute atomic E-state index is 12.7. The Kier molecular flexibility index (Phi) is 6.66. The zero-order valence-corrected chi connectivity index (χ0v) is 20.5. The Bertz CT molecular complexity index is 1320. The highest BCUT2D eigenvalue weighted by Gasteiger charge is 2.23. The molecule has 34 heavy (non-hydrogen) atoms. The predicted octanol–water partition coefficient (Wildman–Crippen LogP) is 3.76. The molecule has 11 heteroatoms. The van der Waals surface area contributed by atoms with Crippen LogP contribution in [0.15, 0.2) is 47.6 Å². The molecule has 5 rings (SSSR count). The molecule has 1 N–H and O–H groups in total. The molecule has 0 aliphatic carbocycles. The van der Waals surface area contributed by atoms with E-state index >= 15 is 0 Å². The SMILES string of the molecule is COc1ccc2nc(NC(=O)CSc3nnc(N4CCOCC4)n3-c3ccccc3C)sc2c1. The van der Waals surface area contributed by atoms with E-state index in [-0.39, 0.29) is 11.7 Å². The maximum atomic E-state index is 12.7. The van der Waals surface area contributed by atoms with Crippen LogP contribution in [-0.4, -0.2) is 64.8 Å². The minimum Gasteiger partial charge on any atom is -0.497 e. The number of carbonyl (C=O) groups excluding carboxylic acids is 1. The van der Waals surface area contributed by atoms with Gasteiger partial charge in [-0.05, 0) is 36.8 Å². The number of fused-ring (bicyclic) bond motifs is 1. The van der Waals surface area contributed by atoms with Crippen molar-refractivity contribution in [2.24, 2.45) is 0 Å². The van der Waals surface area contributed by atoms with Crippen molar-refractivity contribution >= 4 is 50.3 Å². The van der Waals surface area contributed by atoms with Crippen molar-refractivity contribution in [1.29, 1.82) is 0 Å². The summed E-state index contributed by atoms with van der Waals surface area (Å²) < 4.78 is 13.7. The van der Waals surface area contributed by atoms with Gasteiger partial charge in [-0.1, -0.05) is 41.3 Å². The third kappa shape index (κ3) is 4.72. The zero-order chi connectivity index (χ0) is 23.5. The van der Waals surface area contributed by atoms with Crippen LogP contribution in [0, 0.1) is 6.92 Å². The molecule has 2 aromatic carbocycles. The Labute approximate surface area is 205 Å². The molecule has 3 heterocycles. The van der Waals surface area contributed by atoms with Gasteiger partial charge in [-0.15, -0.1) is 10.2 Å². The summed E-state index contributed by atoms with van der Waals surface area (Å²) in [5, 5.41) is 13.0. The Balaban J connectivity index is 1.34. The molecular weight excluding hydrogens is 472 g/mol. The van der Waals surface area contributed by atoms with E-state index in [0.29, 0.717) is 23.5 Å². The van der Waals surface area contributed by atoms with E-state index in [4.69, 9.17) is 9.47 Å². The van der Waals surface area contributed by atoms with Crippen molar-refractivity contribution in [3.63, 3.8) is 0 Å². The molecule has 0 radical (unpaired) electrons. The average Bonchev–Trinajstić information content (AvgIpc) is 3.46. The number of ether oxygens (including phenoxy) is 2.